The maximum absolute atomic E-state index is 12.1. The Morgan fingerprint density at radius 3 is 2.80 bits per heavy atom. The van der Waals surface area contributed by atoms with E-state index in [1.807, 2.05) is 0 Å². The van der Waals surface area contributed by atoms with Gasteiger partial charge in [0.1, 0.15) is 11.4 Å². The number of amides is 5. The lowest BCUT2D eigenvalue weighted by Gasteiger charge is -2.13. The molecule has 0 radical (unpaired) electrons. The van der Waals surface area contributed by atoms with Gasteiger partial charge in [0.25, 0.3) is 11.8 Å². The first-order chi connectivity index (χ1) is 11.9. The van der Waals surface area contributed by atoms with Crippen molar-refractivity contribution in [1.82, 2.24) is 25.8 Å². The van der Waals surface area contributed by atoms with Gasteiger partial charge >= 0.3 is 6.03 Å². The molecule has 1 aliphatic heterocycles. The van der Waals surface area contributed by atoms with Gasteiger partial charge in [0.15, 0.2) is 3.92 Å². The summed E-state index contributed by atoms with van der Waals surface area (Å²) >= 11 is 4.43. The second-order valence-electron chi connectivity index (χ2n) is 4.96. The highest BCUT2D eigenvalue weighted by Gasteiger charge is 2.27. The molecule has 0 saturated carbocycles. The Morgan fingerprint density at radius 2 is 2.24 bits per heavy atom. The van der Waals surface area contributed by atoms with E-state index in [0.29, 0.717) is 10.3 Å². The molecule has 1 aromatic rings. The molecular weight excluding hydrogens is 414 g/mol. The number of carbonyl (C=O) groups excluding carboxylic acids is 4. The smallest absolute Gasteiger partial charge is 0.324 e. The van der Waals surface area contributed by atoms with Crippen LogP contribution in [0.4, 0.5) is 4.79 Å². The van der Waals surface area contributed by atoms with Crippen LogP contribution in [0, 0.1) is 0 Å². The maximum atomic E-state index is 12.1. The third-order valence-corrected chi connectivity index (χ3v) is 4.64. The Kier molecular flexibility index (Phi) is 6.65. The molecule has 1 aliphatic rings. The highest BCUT2D eigenvalue weighted by molar-refractivity contribution is 9.11. The molecule has 0 spiro atoms. The number of nitrogens with zero attached hydrogens (tertiary/aromatic N) is 2. The number of hydrogen-bond donors (Lipinski definition) is 3. The number of halogens is 1. The van der Waals surface area contributed by atoms with Gasteiger partial charge < -0.3 is 16.0 Å². The number of urea groups is 1. The number of carbonyl (C=O) groups is 4. The summed E-state index contributed by atoms with van der Waals surface area (Å²) in [5.41, 5.74) is 0.312. The summed E-state index contributed by atoms with van der Waals surface area (Å²) in [7, 11) is 0. The maximum Gasteiger partial charge on any atom is 0.324 e. The van der Waals surface area contributed by atoms with Gasteiger partial charge in [-0.1, -0.05) is 6.08 Å². The molecule has 9 nitrogen and oxygen atoms in total. The van der Waals surface area contributed by atoms with E-state index in [-0.39, 0.29) is 36.9 Å². The molecule has 5 amide bonds. The lowest BCUT2D eigenvalue weighted by atomic mass is 10.3. The van der Waals surface area contributed by atoms with Gasteiger partial charge in [0.05, 0.1) is 6.54 Å². The fourth-order valence-electron chi connectivity index (χ4n) is 2.02. The number of imide groups is 1. The van der Waals surface area contributed by atoms with Gasteiger partial charge in [-0.25, -0.2) is 9.78 Å². The van der Waals surface area contributed by atoms with Crippen LogP contribution in [0.3, 0.4) is 0 Å². The number of nitrogens with one attached hydrogen (secondary N) is 3. The summed E-state index contributed by atoms with van der Waals surface area (Å²) in [6, 6.07) is -0.424. The minimum atomic E-state index is -0.482. The molecule has 25 heavy (non-hydrogen) atoms. The van der Waals surface area contributed by atoms with Gasteiger partial charge in [-0.15, -0.1) is 11.3 Å². The minimum Gasteiger partial charge on any atom is -0.351 e. The van der Waals surface area contributed by atoms with Crippen molar-refractivity contribution in [3.63, 3.8) is 0 Å². The lowest BCUT2D eigenvalue weighted by molar-refractivity contribution is -0.125. The Hall–Kier alpha value is -2.27. The van der Waals surface area contributed by atoms with E-state index in [1.54, 1.807) is 12.3 Å². The molecule has 0 atom stereocenters. The van der Waals surface area contributed by atoms with Gasteiger partial charge in [0, 0.05) is 18.5 Å². The van der Waals surface area contributed by atoms with Crippen molar-refractivity contribution in [3.05, 3.63) is 26.8 Å². The van der Waals surface area contributed by atoms with E-state index in [4.69, 9.17) is 0 Å². The number of thiazole rings is 1. The number of rotatable bonds is 7. The van der Waals surface area contributed by atoms with Gasteiger partial charge in [-0.05, 0) is 29.3 Å². The summed E-state index contributed by atoms with van der Waals surface area (Å²) < 4.78 is 0.574. The molecule has 0 aliphatic carbocycles. The second-order valence-corrected chi connectivity index (χ2v) is 7.09. The van der Waals surface area contributed by atoms with Crippen molar-refractivity contribution >= 4 is 51.0 Å². The quantitative estimate of drug-likeness (QED) is 0.332. The largest absolute Gasteiger partial charge is 0.351 e. The molecule has 134 valence electrons. The monoisotopic (exact) mass is 429 g/mol. The average molecular weight is 430 g/mol. The zero-order valence-corrected chi connectivity index (χ0v) is 15.7. The van der Waals surface area contributed by atoms with Crippen molar-refractivity contribution in [2.45, 2.75) is 13.3 Å². The molecule has 3 N–H and O–H groups in total. The molecule has 2 rings (SSSR count). The van der Waals surface area contributed by atoms with Crippen LogP contribution in [0.15, 0.2) is 21.1 Å². The summed E-state index contributed by atoms with van der Waals surface area (Å²) in [5, 5.41) is 9.12. The van der Waals surface area contributed by atoms with Crippen LogP contribution >= 0.6 is 27.3 Å². The van der Waals surface area contributed by atoms with Crippen LogP contribution in [-0.2, 0) is 9.59 Å². The number of hydrogen-bond acceptors (Lipinski definition) is 6. The topological polar surface area (TPSA) is 120 Å². The standard InChI is InChI=1S/C14H16BrN5O4S/c1-2-8(18-12(23)9-7-25-13(15)19-9)11(22)16-4-3-5-20-10(21)6-17-14(20)24/h2,7H,3-6H2,1H3,(H,16,22)(H,17,24)(H,18,23)/b8-2-. The van der Waals surface area contributed by atoms with E-state index in [0.717, 1.165) is 4.90 Å². The highest BCUT2D eigenvalue weighted by Crippen LogP contribution is 2.15. The van der Waals surface area contributed by atoms with Gasteiger partial charge in [-0.2, -0.15) is 0 Å². The summed E-state index contributed by atoms with van der Waals surface area (Å²) in [5.74, 6) is -1.22. The van der Waals surface area contributed by atoms with Crippen molar-refractivity contribution in [2.24, 2.45) is 0 Å². The van der Waals surface area contributed by atoms with E-state index < -0.39 is 17.8 Å². The first-order valence-corrected chi connectivity index (χ1v) is 9.04. The van der Waals surface area contributed by atoms with E-state index >= 15 is 0 Å². The van der Waals surface area contributed by atoms with Crippen molar-refractivity contribution in [1.29, 1.82) is 0 Å². The van der Waals surface area contributed by atoms with Crippen LogP contribution in [-0.4, -0.2) is 53.3 Å². The molecular formula is C14H16BrN5O4S. The van der Waals surface area contributed by atoms with Crippen molar-refractivity contribution in [3.8, 4) is 0 Å². The summed E-state index contributed by atoms with van der Waals surface area (Å²) in [4.78, 5) is 52.0. The molecule has 0 aromatic carbocycles. The van der Waals surface area contributed by atoms with E-state index in [2.05, 4.69) is 36.9 Å². The van der Waals surface area contributed by atoms with Crippen LogP contribution in [0.2, 0.25) is 0 Å². The molecule has 1 aromatic heterocycles. The highest BCUT2D eigenvalue weighted by atomic mass is 79.9. The van der Waals surface area contributed by atoms with Crippen LogP contribution in [0.1, 0.15) is 23.8 Å². The minimum absolute atomic E-state index is 0.00662. The molecule has 0 bridgehead atoms. The predicted octanol–water partition coefficient (Wildman–Crippen LogP) is 0.597. The normalized spacial score (nSPS) is 14.5. The zero-order chi connectivity index (χ0) is 18.4. The number of allylic oxidation sites excluding steroid dienone is 1. The summed E-state index contributed by atoms with van der Waals surface area (Å²) in [6.07, 6.45) is 1.89. The third-order valence-electron chi connectivity index (χ3n) is 3.27. The molecule has 1 fully saturated rings. The Bertz CT molecular complexity index is 717. The van der Waals surface area contributed by atoms with Crippen molar-refractivity contribution < 1.29 is 19.2 Å². The zero-order valence-electron chi connectivity index (χ0n) is 13.3. The lowest BCUT2D eigenvalue weighted by Crippen LogP contribution is -2.37. The van der Waals surface area contributed by atoms with Gasteiger partial charge in [0.2, 0.25) is 5.91 Å². The fraction of sp³-hybridized carbons (Fsp3) is 0.357. The SMILES string of the molecule is C/C=C(\NC(=O)c1csc(Br)n1)C(=O)NCCCN1C(=O)CNC1=O. The average Bonchev–Trinajstić information content (AvgIpc) is 3.15. The number of aromatic nitrogens is 1. The summed E-state index contributed by atoms with van der Waals surface area (Å²) in [6.45, 7) is 2.10. The fourth-order valence-corrected chi connectivity index (χ4v) is 3.01. The van der Waals surface area contributed by atoms with Gasteiger partial charge in [-0.3, -0.25) is 19.3 Å². The van der Waals surface area contributed by atoms with Crippen molar-refractivity contribution in [2.75, 3.05) is 19.6 Å². The Balaban J connectivity index is 1.77. The Morgan fingerprint density at radius 1 is 1.48 bits per heavy atom. The molecule has 11 heteroatoms. The first-order valence-electron chi connectivity index (χ1n) is 7.37. The van der Waals surface area contributed by atoms with Crippen LogP contribution < -0.4 is 16.0 Å². The molecule has 1 saturated heterocycles. The molecule has 2 heterocycles. The van der Waals surface area contributed by atoms with E-state index in [9.17, 15) is 19.2 Å². The van der Waals surface area contributed by atoms with Crippen LogP contribution in [0.5, 0.6) is 0 Å². The Labute approximate surface area is 156 Å². The van der Waals surface area contributed by atoms with E-state index in [1.165, 1.54) is 17.4 Å². The second kappa shape index (κ2) is 8.72. The molecule has 0 unspecified atom stereocenters. The first kappa shape index (κ1) is 19.1. The van der Waals surface area contributed by atoms with Crippen LogP contribution in [0.25, 0.3) is 0 Å². The third kappa shape index (κ3) is 5.10. The predicted molar refractivity (Wildman–Crippen MR) is 93.8 cm³/mol.